The number of carbonyl (C=O) groups excluding carboxylic acids is 1. The third kappa shape index (κ3) is 4.49. The molecule has 5 N–H and O–H groups in total. The van der Waals surface area contributed by atoms with Crippen molar-refractivity contribution in [2.24, 2.45) is 0 Å². The summed E-state index contributed by atoms with van der Waals surface area (Å²) >= 11 is 12.2. The van der Waals surface area contributed by atoms with Crippen molar-refractivity contribution in [2.75, 3.05) is 10.6 Å². The molecule has 1 atom stereocenters. The third-order valence-corrected chi connectivity index (χ3v) is 6.41. The van der Waals surface area contributed by atoms with Crippen LogP contribution in [0, 0.1) is 12.7 Å². The second-order valence-corrected chi connectivity index (χ2v) is 8.94. The first kappa shape index (κ1) is 23.3. The number of anilines is 2. The Morgan fingerprint density at radius 3 is 2.49 bits per heavy atom. The molecule has 0 spiro atoms. The fourth-order valence-corrected chi connectivity index (χ4v) is 4.67. The average molecular weight is 512 g/mol. The summed E-state index contributed by atoms with van der Waals surface area (Å²) < 4.78 is 15.2. The number of carbonyl (C=O) groups is 1. The van der Waals surface area contributed by atoms with E-state index in [1.54, 1.807) is 36.5 Å². The van der Waals surface area contributed by atoms with Crippen LogP contribution in [0.2, 0.25) is 10.0 Å². The largest absolute Gasteiger partial charge is 0.374 e. The standard InChI is InChI=1S/C25H20Cl2FN5O2/c1-12-10-29-23(31-12)16-8-7-14(17-11-30-24(34)21(16)17)15-6-5-13(9-20(15)28)32-25(35)33-22-18(26)3-2-4-19(22)27/h2-10,24,30,34H,11H2,1H3,(H,29,31)(H2,32,33,35). The molecule has 1 unspecified atom stereocenters. The topological polar surface area (TPSA) is 102 Å². The number of aliphatic hydroxyl groups is 1. The van der Waals surface area contributed by atoms with Gasteiger partial charge in [-0.15, -0.1) is 0 Å². The number of aliphatic hydroxyl groups excluding tert-OH is 1. The minimum Gasteiger partial charge on any atom is -0.374 e. The number of imidazole rings is 1. The number of nitrogens with one attached hydrogen (secondary N) is 4. The summed E-state index contributed by atoms with van der Waals surface area (Å²) in [6, 6.07) is 12.3. The van der Waals surface area contributed by atoms with Crippen LogP contribution in [0.4, 0.5) is 20.6 Å². The fourth-order valence-electron chi connectivity index (χ4n) is 4.18. The molecule has 7 nitrogen and oxygen atoms in total. The lowest BCUT2D eigenvalue weighted by Crippen LogP contribution is -2.20. The number of nitrogens with zero attached hydrogens (tertiary/aromatic N) is 1. The number of benzene rings is 3. The van der Waals surface area contributed by atoms with Crippen molar-refractivity contribution < 1.29 is 14.3 Å². The predicted molar refractivity (Wildman–Crippen MR) is 135 cm³/mol. The zero-order chi connectivity index (χ0) is 24.7. The van der Waals surface area contributed by atoms with E-state index >= 15 is 4.39 Å². The molecule has 1 aromatic heterocycles. The van der Waals surface area contributed by atoms with Gasteiger partial charge in [-0.25, -0.2) is 14.2 Å². The molecule has 2 amide bonds. The first-order valence-corrected chi connectivity index (χ1v) is 11.5. The Morgan fingerprint density at radius 2 is 1.80 bits per heavy atom. The molecule has 0 saturated carbocycles. The third-order valence-electron chi connectivity index (χ3n) is 5.78. The molecule has 2 heterocycles. The van der Waals surface area contributed by atoms with E-state index in [0.29, 0.717) is 29.1 Å². The highest BCUT2D eigenvalue weighted by molar-refractivity contribution is 6.39. The number of halogens is 3. The van der Waals surface area contributed by atoms with Gasteiger partial charge < -0.3 is 20.7 Å². The van der Waals surface area contributed by atoms with Gasteiger partial charge in [0.05, 0.1) is 15.7 Å². The number of aryl methyl sites for hydroxylation is 1. The van der Waals surface area contributed by atoms with Crippen LogP contribution in [-0.2, 0) is 6.54 Å². The summed E-state index contributed by atoms with van der Waals surface area (Å²) in [5.41, 5.74) is 4.61. The van der Waals surface area contributed by atoms with E-state index in [4.69, 9.17) is 23.2 Å². The molecule has 1 aliphatic rings. The van der Waals surface area contributed by atoms with Crippen LogP contribution in [-0.4, -0.2) is 21.1 Å². The molecule has 178 valence electrons. The molecule has 0 aliphatic carbocycles. The minimum atomic E-state index is -0.894. The number of fused-ring (bicyclic) bond motifs is 1. The van der Waals surface area contributed by atoms with Crippen LogP contribution in [0.15, 0.2) is 54.7 Å². The summed E-state index contributed by atoms with van der Waals surface area (Å²) in [7, 11) is 0. The maximum absolute atomic E-state index is 15.2. The highest BCUT2D eigenvalue weighted by Gasteiger charge is 2.28. The van der Waals surface area contributed by atoms with E-state index in [0.717, 1.165) is 16.8 Å². The zero-order valence-electron chi connectivity index (χ0n) is 18.4. The Balaban J connectivity index is 1.43. The molecule has 5 rings (SSSR count). The number of H-pyrrole nitrogens is 1. The van der Waals surface area contributed by atoms with Gasteiger partial charge in [0.1, 0.15) is 17.9 Å². The van der Waals surface area contributed by atoms with Crippen molar-refractivity contribution in [1.82, 2.24) is 15.3 Å². The number of hydrogen-bond acceptors (Lipinski definition) is 4. The van der Waals surface area contributed by atoms with Gasteiger partial charge in [0, 0.05) is 40.8 Å². The predicted octanol–water partition coefficient (Wildman–Crippen LogP) is 6.24. The van der Waals surface area contributed by atoms with Gasteiger partial charge in [0.15, 0.2) is 0 Å². The van der Waals surface area contributed by atoms with E-state index in [1.807, 2.05) is 19.1 Å². The van der Waals surface area contributed by atoms with Gasteiger partial charge in [-0.05, 0) is 48.4 Å². The lowest BCUT2D eigenvalue weighted by molar-refractivity contribution is 0.152. The van der Waals surface area contributed by atoms with Crippen molar-refractivity contribution >= 4 is 40.6 Å². The molecular weight excluding hydrogens is 492 g/mol. The number of urea groups is 1. The first-order valence-electron chi connectivity index (χ1n) is 10.7. The summed E-state index contributed by atoms with van der Waals surface area (Å²) in [5.74, 6) is 0.112. The molecule has 0 saturated heterocycles. The molecule has 1 aliphatic heterocycles. The minimum absolute atomic E-state index is 0.254. The van der Waals surface area contributed by atoms with E-state index in [9.17, 15) is 9.90 Å². The van der Waals surface area contributed by atoms with Crippen LogP contribution < -0.4 is 16.0 Å². The van der Waals surface area contributed by atoms with Crippen LogP contribution in [0.3, 0.4) is 0 Å². The molecule has 10 heteroatoms. The van der Waals surface area contributed by atoms with E-state index in [-0.39, 0.29) is 21.4 Å². The van der Waals surface area contributed by atoms with Gasteiger partial charge in [0.2, 0.25) is 0 Å². The normalized spacial score (nSPS) is 14.6. The lowest BCUT2D eigenvalue weighted by atomic mass is 9.92. The summed E-state index contributed by atoms with van der Waals surface area (Å²) in [6.07, 6.45) is 0.820. The zero-order valence-corrected chi connectivity index (χ0v) is 19.9. The quantitative estimate of drug-likeness (QED) is 0.224. The Bertz CT molecular complexity index is 1440. The maximum Gasteiger partial charge on any atom is 0.323 e. The van der Waals surface area contributed by atoms with E-state index < -0.39 is 18.1 Å². The maximum atomic E-state index is 15.2. The molecular formula is C25H20Cl2FN5O2. The Morgan fingerprint density at radius 1 is 1.09 bits per heavy atom. The number of amides is 2. The van der Waals surface area contributed by atoms with Crippen LogP contribution in [0.5, 0.6) is 0 Å². The van der Waals surface area contributed by atoms with Crippen molar-refractivity contribution in [2.45, 2.75) is 19.7 Å². The summed E-state index contributed by atoms with van der Waals surface area (Å²) in [5, 5.41) is 19.3. The van der Waals surface area contributed by atoms with Gasteiger partial charge in [-0.3, -0.25) is 5.32 Å². The van der Waals surface area contributed by atoms with Crippen molar-refractivity contribution in [3.63, 3.8) is 0 Å². The summed E-state index contributed by atoms with van der Waals surface area (Å²) in [6.45, 7) is 2.27. The fraction of sp³-hybridized carbons (Fsp3) is 0.120. The van der Waals surface area contributed by atoms with Crippen LogP contribution in [0.1, 0.15) is 23.0 Å². The van der Waals surface area contributed by atoms with Crippen molar-refractivity contribution in [3.8, 4) is 22.5 Å². The molecule has 0 fully saturated rings. The smallest absolute Gasteiger partial charge is 0.323 e. The monoisotopic (exact) mass is 511 g/mol. The van der Waals surface area contributed by atoms with E-state index in [1.165, 1.54) is 6.07 Å². The number of para-hydroxylation sites is 1. The Labute approximate surface area is 210 Å². The lowest BCUT2D eigenvalue weighted by Gasteiger charge is -2.15. The number of rotatable bonds is 4. The average Bonchev–Trinajstić information content (AvgIpc) is 3.42. The molecule has 35 heavy (non-hydrogen) atoms. The van der Waals surface area contributed by atoms with Crippen LogP contribution in [0.25, 0.3) is 22.5 Å². The molecule has 4 aromatic rings. The number of aromatic amines is 1. The second kappa shape index (κ2) is 9.31. The van der Waals surface area contributed by atoms with E-state index in [2.05, 4.69) is 25.9 Å². The second-order valence-electron chi connectivity index (χ2n) is 8.12. The summed E-state index contributed by atoms with van der Waals surface area (Å²) in [4.78, 5) is 20.0. The SMILES string of the molecule is Cc1cnc(-c2ccc(-c3ccc(NC(=O)Nc4c(Cl)cccc4Cl)cc3F)c3c2C(O)NC3)[nH]1. The molecule has 0 bridgehead atoms. The van der Waals surface area contributed by atoms with Gasteiger partial charge in [0.25, 0.3) is 0 Å². The highest BCUT2D eigenvalue weighted by Crippen LogP contribution is 2.40. The van der Waals surface area contributed by atoms with Gasteiger partial charge in [-0.2, -0.15) is 0 Å². The molecule has 3 aromatic carbocycles. The van der Waals surface area contributed by atoms with Crippen molar-refractivity contribution in [1.29, 1.82) is 0 Å². The first-order chi connectivity index (χ1) is 16.8. The Hall–Kier alpha value is -3.43. The molecule has 0 radical (unpaired) electrons. The number of hydrogen-bond donors (Lipinski definition) is 5. The number of aromatic nitrogens is 2. The Kier molecular flexibility index (Phi) is 6.21. The highest BCUT2D eigenvalue weighted by atomic mass is 35.5. The van der Waals surface area contributed by atoms with Crippen LogP contribution >= 0.6 is 23.2 Å². The van der Waals surface area contributed by atoms with Crippen molar-refractivity contribution in [3.05, 3.63) is 87.4 Å². The van der Waals surface area contributed by atoms with Gasteiger partial charge >= 0.3 is 6.03 Å². The van der Waals surface area contributed by atoms with Gasteiger partial charge in [-0.1, -0.05) is 41.4 Å².